The summed E-state index contributed by atoms with van der Waals surface area (Å²) in [4.78, 5) is 15.5. The van der Waals surface area contributed by atoms with Crippen LogP contribution in [0.5, 0.6) is 0 Å². The van der Waals surface area contributed by atoms with Gasteiger partial charge in [0, 0.05) is 23.9 Å². The van der Waals surface area contributed by atoms with Crippen LogP contribution in [-0.4, -0.2) is 10.9 Å². The molecule has 82 valence electrons. The van der Waals surface area contributed by atoms with Crippen molar-refractivity contribution in [3.8, 4) is 0 Å². The van der Waals surface area contributed by atoms with Gasteiger partial charge in [-0.25, -0.2) is 4.98 Å². The Bertz CT molecular complexity index is 482. The van der Waals surface area contributed by atoms with Crippen molar-refractivity contribution in [3.63, 3.8) is 0 Å². The molecule has 5 heteroatoms. The predicted octanol–water partition coefficient (Wildman–Crippen LogP) is 2.26. The molecule has 0 aliphatic rings. The molecule has 0 atom stereocenters. The van der Waals surface area contributed by atoms with Crippen LogP contribution < -0.4 is 5.32 Å². The molecule has 16 heavy (non-hydrogen) atoms. The summed E-state index contributed by atoms with van der Waals surface area (Å²) in [6.07, 6.45) is 4.64. The highest BCUT2D eigenvalue weighted by Crippen LogP contribution is 2.07. The number of pyridine rings is 1. The van der Waals surface area contributed by atoms with Gasteiger partial charge < -0.3 is 9.73 Å². The lowest BCUT2D eigenvalue weighted by Gasteiger charge is -2.03. The number of furan rings is 1. The van der Waals surface area contributed by atoms with Gasteiger partial charge in [-0.2, -0.15) is 0 Å². The highest BCUT2D eigenvalue weighted by atomic mass is 35.5. The maximum absolute atomic E-state index is 11.7. The van der Waals surface area contributed by atoms with Crippen LogP contribution in [0.3, 0.4) is 0 Å². The number of nitrogens with one attached hydrogen (secondary N) is 1. The lowest BCUT2D eigenvalue weighted by molar-refractivity contribution is 0.0951. The molecule has 1 N–H and O–H groups in total. The van der Waals surface area contributed by atoms with E-state index in [1.165, 1.54) is 12.3 Å². The smallest absolute Gasteiger partial charge is 0.251 e. The van der Waals surface area contributed by atoms with Gasteiger partial charge in [0.1, 0.15) is 5.15 Å². The highest BCUT2D eigenvalue weighted by molar-refractivity contribution is 6.29. The fourth-order valence-corrected chi connectivity index (χ4v) is 1.40. The lowest BCUT2D eigenvalue weighted by Crippen LogP contribution is -2.22. The van der Waals surface area contributed by atoms with E-state index in [1.807, 2.05) is 0 Å². The molecule has 0 fully saturated rings. The number of halogens is 1. The maximum atomic E-state index is 11.7. The SMILES string of the molecule is O=C(NCc1ccoc1)c1ccnc(Cl)c1. The van der Waals surface area contributed by atoms with Crippen LogP contribution in [-0.2, 0) is 6.54 Å². The number of hydrogen-bond donors (Lipinski definition) is 1. The summed E-state index contributed by atoms with van der Waals surface area (Å²) in [6.45, 7) is 0.426. The Morgan fingerprint density at radius 3 is 3.06 bits per heavy atom. The first-order chi connectivity index (χ1) is 7.75. The Morgan fingerprint density at radius 1 is 1.50 bits per heavy atom. The molecular formula is C11H9ClN2O2. The van der Waals surface area contributed by atoms with Crippen LogP contribution in [0.15, 0.2) is 41.3 Å². The average Bonchev–Trinajstić information content (AvgIpc) is 2.78. The molecule has 4 nitrogen and oxygen atoms in total. The van der Waals surface area contributed by atoms with E-state index < -0.39 is 0 Å². The molecule has 0 saturated carbocycles. The van der Waals surface area contributed by atoms with Crippen molar-refractivity contribution in [1.29, 1.82) is 0 Å². The van der Waals surface area contributed by atoms with E-state index in [4.69, 9.17) is 16.0 Å². The zero-order valence-electron chi connectivity index (χ0n) is 8.31. The lowest BCUT2D eigenvalue weighted by atomic mass is 10.2. The standard InChI is InChI=1S/C11H9ClN2O2/c12-10-5-9(1-3-13-10)11(15)14-6-8-2-4-16-7-8/h1-5,7H,6H2,(H,14,15). The molecule has 2 heterocycles. The van der Waals surface area contributed by atoms with E-state index in [0.717, 1.165) is 5.56 Å². The number of nitrogens with zero attached hydrogens (tertiary/aromatic N) is 1. The van der Waals surface area contributed by atoms with Gasteiger partial charge in [-0.1, -0.05) is 11.6 Å². The largest absolute Gasteiger partial charge is 0.472 e. The second-order valence-corrected chi connectivity index (χ2v) is 3.57. The second-order valence-electron chi connectivity index (χ2n) is 3.18. The number of rotatable bonds is 3. The predicted molar refractivity (Wildman–Crippen MR) is 59.1 cm³/mol. The first-order valence-corrected chi connectivity index (χ1v) is 5.04. The molecule has 2 aromatic heterocycles. The Kier molecular flexibility index (Phi) is 3.22. The fraction of sp³-hybridized carbons (Fsp3) is 0.0909. The first kappa shape index (κ1) is 10.7. The molecule has 2 aromatic rings. The highest BCUT2D eigenvalue weighted by Gasteiger charge is 2.06. The molecule has 0 spiro atoms. The van der Waals surface area contributed by atoms with E-state index in [9.17, 15) is 4.79 Å². The molecule has 2 rings (SSSR count). The monoisotopic (exact) mass is 236 g/mol. The van der Waals surface area contributed by atoms with Gasteiger partial charge >= 0.3 is 0 Å². The number of amides is 1. The minimum absolute atomic E-state index is 0.189. The number of aromatic nitrogens is 1. The van der Waals surface area contributed by atoms with Crippen molar-refractivity contribution < 1.29 is 9.21 Å². The summed E-state index contributed by atoms with van der Waals surface area (Å²) in [6, 6.07) is 4.92. The molecular weight excluding hydrogens is 228 g/mol. The van der Waals surface area contributed by atoms with Crippen molar-refractivity contribution in [2.45, 2.75) is 6.54 Å². The van der Waals surface area contributed by atoms with Crippen molar-refractivity contribution >= 4 is 17.5 Å². The Labute approximate surface area is 97.2 Å². The topological polar surface area (TPSA) is 55.1 Å². The quantitative estimate of drug-likeness (QED) is 0.832. The van der Waals surface area contributed by atoms with Crippen LogP contribution in [0, 0.1) is 0 Å². The van der Waals surface area contributed by atoms with Crippen molar-refractivity contribution in [3.05, 3.63) is 53.2 Å². The Balaban J connectivity index is 1.98. The zero-order chi connectivity index (χ0) is 11.4. The summed E-state index contributed by atoms with van der Waals surface area (Å²) in [5.41, 5.74) is 1.40. The van der Waals surface area contributed by atoms with E-state index in [0.29, 0.717) is 17.3 Å². The van der Waals surface area contributed by atoms with Gasteiger partial charge in [0.15, 0.2) is 0 Å². The number of carbonyl (C=O) groups excluding carboxylic acids is 1. The number of carbonyl (C=O) groups is 1. The van der Waals surface area contributed by atoms with Gasteiger partial charge in [0.05, 0.1) is 12.5 Å². The third-order valence-corrected chi connectivity index (χ3v) is 2.23. The van der Waals surface area contributed by atoms with Gasteiger partial charge in [0.25, 0.3) is 5.91 Å². The van der Waals surface area contributed by atoms with Gasteiger partial charge in [0.2, 0.25) is 0 Å². The van der Waals surface area contributed by atoms with Crippen LogP contribution in [0.1, 0.15) is 15.9 Å². The van der Waals surface area contributed by atoms with Crippen molar-refractivity contribution in [2.24, 2.45) is 0 Å². The summed E-state index contributed by atoms with van der Waals surface area (Å²) < 4.78 is 4.89. The van der Waals surface area contributed by atoms with E-state index in [1.54, 1.807) is 24.7 Å². The first-order valence-electron chi connectivity index (χ1n) is 4.66. The minimum atomic E-state index is -0.189. The summed E-state index contributed by atoms with van der Waals surface area (Å²) in [7, 11) is 0. The Hall–Kier alpha value is -1.81. The average molecular weight is 237 g/mol. The molecule has 0 aliphatic carbocycles. The third kappa shape index (κ3) is 2.61. The summed E-state index contributed by atoms with van der Waals surface area (Å²) in [5, 5.41) is 3.05. The zero-order valence-corrected chi connectivity index (χ0v) is 9.07. The van der Waals surface area contributed by atoms with E-state index in [2.05, 4.69) is 10.3 Å². The van der Waals surface area contributed by atoms with Crippen LogP contribution in [0.4, 0.5) is 0 Å². The maximum Gasteiger partial charge on any atom is 0.251 e. The van der Waals surface area contributed by atoms with Crippen LogP contribution in [0.25, 0.3) is 0 Å². The van der Waals surface area contributed by atoms with Gasteiger partial charge in [-0.05, 0) is 18.2 Å². The molecule has 1 amide bonds. The summed E-state index contributed by atoms with van der Waals surface area (Å²) >= 11 is 5.68. The normalized spacial score (nSPS) is 10.1. The molecule has 0 aromatic carbocycles. The van der Waals surface area contributed by atoms with E-state index in [-0.39, 0.29) is 5.91 Å². The van der Waals surface area contributed by atoms with Gasteiger partial charge in [-0.3, -0.25) is 4.79 Å². The summed E-state index contributed by atoms with van der Waals surface area (Å²) in [5.74, 6) is -0.189. The van der Waals surface area contributed by atoms with E-state index >= 15 is 0 Å². The van der Waals surface area contributed by atoms with Gasteiger partial charge in [-0.15, -0.1) is 0 Å². The van der Waals surface area contributed by atoms with Crippen molar-refractivity contribution in [2.75, 3.05) is 0 Å². The van der Waals surface area contributed by atoms with Crippen molar-refractivity contribution in [1.82, 2.24) is 10.3 Å². The Morgan fingerprint density at radius 2 is 2.38 bits per heavy atom. The molecule has 0 saturated heterocycles. The molecule has 0 bridgehead atoms. The molecule has 0 unspecified atom stereocenters. The second kappa shape index (κ2) is 4.81. The van der Waals surface area contributed by atoms with Crippen LogP contribution in [0.2, 0.25) is 5.15 Å². The van der Waals surface area contributed by atoms with Crippen LogP contribution >= 0.6 is 11.6 Å². The molecule has 0 radical (unpaired) electrons. The third-order valence-electron chi connectivity index (χ3n) is 2.02. The fourth-order valence-electron chi connectivity index (χ4n) is 1.22. The molecule has 0 aliphatic heterocycles. The minimum Gasteiger partial charge on any atom is -0.472 e. The number of hydrogen-bond acceptors (Lipinski definition) is 3.